The van der Waals surface area contributed by atoms with Crippen LogP contribution in [-0.2, 0) is 4.79 Å². The largest absolute Gasteiger partial charge is 0.478 e. The van der Waals surface area contributed by atoms with Gasteiger partial charge in [-0.15, -0.1) is 0 Å². The number of rotatable bonds is 16. The Labute approximate surface area is 259 Å². The summed E-state index contributed by atoms with van der Waals surface area (Å²) in [5, 5.41) is 8.25. The lowest BCUT2D eigenvalue weighted by Crippen LogP contribution is -2.79. The molecule has 0 bridgehead atoms. The van der Waals surface area contributed by atoms with Gasteiger partial charge in [0.15, 0.2) is 6.17 Å². The van der Waals surface area contributed by atoms with Gasteiger partial charge in [-0.25, -0.2) is 9.18 Å². The molecule has 31 heteroatoms. The Morgan fingerprint density at radius 3 is 0.765 bits per heavy atom. The van der Waals surface area contributed by atoms with E-state index in [0.29, 0.717) is 0 Å². The van der Waals surface area contributed by atoms with E-state index < -0.39 is 114 Å². The monoisotopic (exact) mass is 832 g/mol. The first-order chi connectivity index (χ1) is 21.5. The number of aliphatic carboxylic acids is 1. The third-order valence-electron chi connectivity index (χ3n) is 6.41. The van der Waals surface area contributed by atoms with E-state index >= 15 is 0 Å². The van der Waals surface area contributed by atoms with Gasteiger partial charge in [-0.05, 0) is 13.8 Å². The van der Waals surface area contributed by atoms with Crippen molar-refractivity contribution in [1.29, 1.82) is 0 Å². The number of hydrogen-bond acceptors (Lipinski definition) is 1. The molecule has 0 spiro atoms. The van der Waals surface area contributed by atoms with Crippen LogP contribution in [0.3, 0.4) is 0 Å². The highest BCUT2D eigenvalue weighted by Crippen LogP contribution is 2.69. The van der Waals surface area contributed by atoms with Gasteiger partial charge in [0.25, 0.3) is 0 Å². The van der Waals surface area contributed by atoms with Crippen LogP contribution in [0.2, 0.25) is 0 Å². The molecular formula is C20H9F29O2. The number of carboxylic acid groups (broad SMARTS) is 1. The summed E-state index contributed by atoms with van der Waals surface area (Å²) in [7, 11) is 0. The maximum atomic E-state index is 13.9. The van der Waals surface area contributed by atoms with Crippen LogP contribution in [-0.4, -0.2) is 100 Å². The molecule has 0 aromatic heterocycles. The van der Waals surface area contributed by atoms with Crippen molar-refractivity contribution in [2.75, 3.05) is 0 Å². The summed E-state index contributed by atoms with van der Waals surface area (Å²) < 4.78 is 397. The molecule has 1 unspecified atom stereocenters. The zero-order valence-corrected chi connectivity index (χ0v) is 23.0. The molecule has 1 atom stereocenters. The predicted octanol–water partition coefficient (Wildman–Crippen LogP) is 10.3. The number of halogens is 29. The molecule has 0 aromatic carbocycles. The lowest BCUT2D eigenvalue weighted by atomic mass is 9.83. The van der Waals surface area contributed by atoms with Crippen LogP contribution in [0.5, 0.6) is 0 Å². The second-order valence-corrected chi connectivity index (χ2v) is 9.89. The number of carbonyl (C=O) groups is 1. The number of hydrogen-bond donors (Lipinski definition) is 1. The molecule has 0 amide bonds. The van der Waals surface area contributed by atoms with Crippen LogP contribution < -0.4 is 0 Å². The molecule has 0 saturated carbocycles. The fraction of sp³-hybridized carbons (Fsp3) is 0.850. The summed E-state index contributed by atoms with van der Waals surface area (Å²) in [5.74, 6) is -131. The molecule has 0 heterocycles. The van der Waals surface area contributed by atoms with E-state index in [9.17, 15) is 132 Å². The Kier molecular flexibility index (Phi) is 11.4. The summed E-state index contributed by atoms with van der Waals surface area (Å²) in [6.45, 7) is -1.28. The van der Waals surface area contributed by atoms with Crippen molar-refractivity contribution in [2.24, 2.45) is 0 Å². The van der Waals surface area contributed by atoms with Gasteiger partial charge < -0.3 is 5.11 Å². The van der Waals surface area contributed by atoms with Crippen molar-refractivity contribution in [3.63, 3.8) is 0 Å². The molecule has 0 saturated heterocycles. The van der Waals surface area contributed by atoms with E-state index in [1.165, 1.54) is 0 Å². The van der Waals surface area contributed by atoms with Crippen molar-refractivity contribution in [3.05, 3.63) is 11.6 Å². The van der Waals surface area contributed by atoms with Crippen LogP contribution in [0.4, 0.5) is 127 Å². The maximum Gasteiger partial charge on any atom is 0.385 e. The van der Waals surface area contributed by atoms with Crippen LogP contribution in [0, 0.1) is 0 Å². The van der Waals surface area contributed by atoms with Gasteiger partial charge >= 0.3 is 88.9 Å². The molecule has 0 aliphatic rings. The molecule has 1 N–H and O–H groups in total. The smallest absolute Gasteiger partial charge is 0.385 e. The van der Waals surface area contributed by atoms with Crippen LogP contribution in [0.25, 0.3) is 0 Å². The van der Waals surface area contributed by atoms with Crippen molar-refractivity contribution in [2.45, 2.75) is 103 Å². The molecule has 0 fully saturated rings. The molecule has 0 radical (unpaired) electrons. The quantitative estimate of drug-likeness (QED) is 0.124. The molecule has 0 rings (SSSR count). The zero-order chi connectivity index (χ0) is 42.4. The Morgan fingerprint density at radius 2 is 0.588 bits per heavy atom. The van der Waals surface area contributed by atoms with Gasteiger partial charge in [-0.1, -0.05) is 0 Å². The van der Waals surface area contributed by atoms with E-state index in [1.807, 2.05) is 0 Å². The lowest BCUT2D eigenvalue weighted by Gasteiger charge is -2.46. The standard InChI is InChI=1S/C20H9F29O2/c1-4(6(50)51)3-7(22,23)9(26,27)11(30,31)13(34,35)15(38,39)17(42,43)19(46,47)20(48,49)18(44,45)16(40,41)14(36,37)12(32,33)10(28,29)8(24,25)5(2)21/h3,5H,1-2H3,(H,50,51)/b4-3+. The average molecular weight is 832 g/mol. The van der Waals surface area contributed by atoms with Gasteiger partial charge in [0.05, 0.1) is 0 Å². The van der Waals surface area contributed by atoms with Crippen molar-refractivity contribution >= 4 is 5.97 Å². The molecular weight excluding hydrogens is 823 g/mol. The minimum atomic E-state index is -9.97. The average Bonchev–Trinajstić information content (AvgIpc) is 2.90. The van der Waals surface area contributed by atoms with Crippen molar-refractivity contribution < 1.29 is 137 Å². The first-order valence-corrected chi connectivity index (χ1v) is 11.4. The molecule has 51 heavy (non-hydrogen) atoms. The first-order valence-electron chi connectivity index (χ1n) is 11.4. The topological polar surface area (TPSA) is 37.3 Å². The third-order valence-corrected chi connectivity index (χ3v) is 6.41. The number of carboxylic acids is 1. The fourth-order valence-electron chi connectivity index (χ4n) is 3.06. The number of allylic oxidation sites excluding steroid dienone is 1. The molecule has 304 valence electrons. The van der Waals surface area contributed by atoms with Gasteiger partial charge in [-0.2, -0.15) is 123 Å². The molecule has 0 aliphatic carbocycles. The highest BCUT2D eigenvalue weighted by molar-refractivity contribution is 5.86. The minimum absolute atomic E-state index is 0.294. The van der Waals surface area contributed by atoms with Gasteiger partial charge in [0.1, 0.15) is 0 Å². The highest BCUT2D eigenvalue weighted by atomic mass is 19.4. The van der Waals surface area contributed by atoms with Gasteiger partial charge in [0.2, 0.25) is 0 Å². The minimum Gasteiger partial charge on any atom is -0.478 e. The van der Waals surface area contributed by atoms with Gasteiger partial charge in [0, 0.05) is 11.6 Å². The normalized spacial score (nSPS) is 17.5. The maximum absolute atomic E-state index is 13.9. The van der Waals surface area contributed by atoms with Crippen LogP contribution >= 0.6 is 0 Å². The number of alkyl halides is 29. The van der Waals surface area contributed by atoms with E-state index in [4.69, 9.17) is 5.11 Å². The van der Waals surface area contributed by atoms with E-state index in [1.54, 1.807) is 0 Å². The molecule has 0 aromatic rings. The van der Waals surface area contributed by atoms with E-state index in [-0.39, 0.29) is 6.92 Å². The van der Waals surface area contributed by atoms with Crippen molar-refractivity contribution in [1.82, 2.24) is 0 Å². The summed E-state index contributed by atoms with van der Waals surface area (Å²) >= 11 is 0. The Bertz CT molecular complexity index is 1340. The van der Waals surface area contributed by atoms with Crippen molar-refractivity contribution in [3.8, 4) is 0 Å². The van der Waals surface area contributed by atoms with Crippen LogP contribution in [0.15, 0.2) is 11.6 Å². The Morgan fingerprint density at radius 1 is 0.412 bits per heavy atom. The Balaban J connectivity index is 7.67. The summed E-state index contributed by atoms with van der Waals surface area (Å²) in [6, 6.07) is 0. The van der Waals surface area contributed by atoms with E-state index in [2.05, 4.69) is 0 Å². The third kappa shape index (κ3) is 5.77. The van der Waals surface area contributed by atoms with E-state index in [0.717, 1.165) is 0 Å². The highest BCUT2D eigenvalue weighted by Gasteiger charge is 3.00. The van der Waals surface area contributed by atoms with Crippen LogP contribution in [0.1, 0.15) is 13.8 Å². The summed E-state index contributed by atoms with van der Waals surface area (Å²) in [5.41, 5.74) is -2.33. The molecule has 2 nitrogen and oxygen atoms in total. The summed E-state index contributed by atoms with van der Waals surface area (Å²) in [4.78, 5) is 10.4. The zero-order valence-electron chi connectivity index (χ0n) is 23.0. The summed E-state index contributed by atoms with van der Waals surface area (Å²) in [6.07, 6.45) is -6.98. The Hall–Kier alpha value is -2.82. The predicted molar refractivity (Wildman–Crippen MR) is 101 cm³/mol. The molecule has 0 aliphatic heterocycles. The first kappa shape index (κ1) is 48.2. The van der Waals surface area contributed by atoms with Gasteiger partial charge in [-0.3, -0.25) is 0 Å². The second-order valence-electron chi connectivity index (χ2n) is 9.89. The lowest BCUT2D eigenvalue weighted by molar-refractivity contribution is -0.484. The fourth-order valence-corrected chi connectivity index (χ4v) is 3.06. The SMILES string of the molecule is C/C(=C\C(F)(F)C(F)(F)C(F)(F)C(F)(F)C(F)(F)C(F)(F)C(F)(F)C(F)(F)C(F)(F)C(F)(F)C(F)(F)C(F)(F)C(F)(F)C(F)(F)C(C)F)C(=O)O. The second kappa shape index (κ2) is 12.1.